The second-order valence-corrected chi connectivity index (χ2v) is 8.71. The molecule has 0 radical (unpaired) electrons. The third-order valence-corrected chi connectivity index (χ3v) is 6.22. The molecule has 0 unspecified atom stereocenters. The summed E-state index contributed by atoms with van der Waals surface area (Å²) in [5.74, 6) is -0.195. The Morgan fingerprint density at radius 2 is 1.79 bits per heavy atom. The summed E-state index contributed by atoms with van der Waals surface area (Å²) in [5.41, 5.74) is 3.04. The normalized spacial score (nSPS) is 15.2. The number of piperazine rings is 1. The van der Waals surface area contributed by atoms with E-state index in [9.17, 15) is 9.90 Å². The number of hydrogen-bond donors (Lipinski definition) is 3. The van der Waals surface area contributed by atoms with Crippen LogP contribution in [0.1, 0.15) is 30.4 Å². The molecular formula is C27H32N4O3. The molecule has 1 aliphatic heterocycles. The van der Waals surface area contributed by atoms with Crippen LogP contribution < -0.4 is 10.5 Å². The maximum atomic E-state index is 12.4. The van der Waals surface area contributed by atoms with Crippen molar-refractivity contribution in [3.63, 3.8) is 0 Å². The van der Waals surface area contributed by atoms with Gasteiger partial charge >= 0.3 is 0 Å². The Bertz CT molecular complexity index is 1220. The van der Waals surface area contributed by atoms with Crippen LogP contribution in [0, 0.1) is 0 Å². The predicted octanol–water partition coefficient (Wildman–Crippen LogP) is 3.91. The van der Waals surface area contributed by atoms with E-state index in [-0.39, 0.29) is 18.0 Å². The molecule has 4 rings (SSSR count). The molecule has 1 aliphatic rings. The van der Waals surface area contributed by atoms with E-state index in [0.29, 0.717) is 16.3 Å². The number of unbranched alkanes of at least 4 members (excludes halogenated alkanes) is 2. The van der Waals surface area contributed by atoms with E-state index in [1.165, 1.54) is 5.69 Å². The summed E-state index contributed by atoms with van der Waals surface area (Å²) in [6.45, 7) is 4.33. The van der Waals surface area contributed by atoms with Gasteiger partial charge in [0.15, 0.2) is 0 Å². The average Bonchev–Trinajstić information content (AvgIpc) is 2.84. The smallest absolute Gasteiger partial charge is 0.258 e. The molecule has 178 valence electrons. The predicted molar refractivity (Wildman–Crippen MR) is 140 cm³/mol. The minimum atomic E-state index is -0.334. The van der Waals surface area contributed by atoms with Gasteiger partial charge in [0.1, 0.15) is 0 Å². The van der Waals surface area contributed by atoms with Crippen molar-refractivity contribution in [2.24, 2.45) is 4.99 Å². The number of nitrogens with one attached hydrogen (secondary N) is 1. The highest BCUT2D eigenvalue weighted by Gasteiger charge is 2.14. The fourth-order valence-electron chi connectivity index (χ4n) is 4.13. The number of H-pyrrole nitrogens is 1. The summed E-state index contributed by atoms with van der Waals surface area (Å²) >= 11 is 0. The van der Waals surface area contributed by atoms with Gasteiger partial charge < -0.3 is 20.0 Å². The number of nitrogens with zero attached hydrogens (tertiary/aromatic N) is 3. The highest BCUT2D eigenvalue weighted by molar-refractivity contribution is 6.02. The lowest BCUT2D eigenvalue weighted by molar-refractivity contribution is 0.285. The van der Waals surface area contributed by atoms with E-state index in [2.05, 4.69) is 45.0 Å². The van der Waals surface area contributed by atoms with Crippen LogP contribution in [0.5, 0.6) is 5.88 Å². The molecule has 34 heavy (non-hydrogen) atoms. The van der Waals surface area contributed by atoms with E-state index in [1.54, 1.807) is 12.3 Å². The van der Waals surface area contributed by atoms with Crippen molar-refractivity contribution in [2.75, 3.05) is 44.7 Å². The Morgan fingerprint density at radius 3 is 2.53 bits per heavy atom. The number of anilines is 1. The third-order valence-electron chi connectivity index (χ3n) is 6.22. The molecule has 1 aromatic heterocycles. The first-order chi connectivity index (χ1) is 16.5. The minimum absolute atomic E-state index is 0.195. The number of pyridine rings is 1. The largest absolute Gasteiger partial charge is 0.494 e. The first kappa shape index (κ1) is 23.7. The molecule has 0 atom stereocenters. The van der Waals surface area contributed by atoms with Gasteiger partial charge in [-0.3, -0.25) is 14.8 Å². The first-order valence-corrected chi connectivity index (χ1v) is 11.8. The average molecular weight is 461 g/mol. The fraction of sp³-hybridized carbons (Fsp3) is 0.333. The van der Waals surface area contributed by atoms with Gasteiger partial charge in [-0.15, -0.1) is 0 Å². The lowest BCUT2D eigenvalue weighted by Gasteiger charge is -2.34. The summed E-state index contributed by atoms with van der Waals surface area (Å²) < 4.78 is 0. The minimum Gasteiger partial charge on any atom is -0.494 e. The van der Waals surface area contributed by atoms with Crippen LogP contribution in [0.2, 0.25) is 0 Å². The van der Waals surface area contributed by atoms with Crippen molar-refractivity contribution in [1.29, 1.82) is 0 Å². The van der Waals surface area contributed by atoms with Crippen molar-refractivity contribution in [2.45, 2.75) is 19.3 Å². The zero-order chi connectivity index (χ0) is 23.9. The van der Waals surface area contributed by atoms with Crippen molar-refractivity contribution in [3.8, 4) is 5.88 Å². The molecule has 1 fully saturated rings. The Hall–Kier alpha value is -3.42. The molecule has 2 heterocycles. The Labute approximate surface area is 199 Å². The molecule has 7 nitrogen and oxygen atoms in total. The number of benzene rings is 2. The molecule has 0 saturated carbocycles. The van der Waals surface area contributed by atoms with Crippen molar-refractivity contribution >= 4 is 34.4 Å². The van der Waals surface area contributed by atoms with Gasteiger partial charge in [-0.2, -0.15) is 0 Å². The molecule has 1 saturated heterocycles. The van der Waals surface area contributed by atoms with Gasteiger partial charge in [-0.05, 0) is 68.3 Å². The van der Waals surface area contributed by atoms with Crippen molar-refractivity contribution < 1.29 is 10.2 Å². The number of allylic oxidation sites excluding steroid dienone is 1. The van der Waals surface area contributed by atoms with E-state index in [4.69, 9.17) is 5.11 Å². The van der Waals surface area contributed by atoms with Gasteiger partial charge in [0.05, 0.1) is 11.3 Å². The number of aliphatic imine (C=N–C) groups is 1. The standard InChI is InChI=1S/C27H32N4O3/c1-30-13-15-31(16-14-30)22-10-8-21(9-11-22)28-19-25-24-18-20(6-4-2-3-5-17-32)7-12-23(24)26(33)29-27(25)34/h4,6-12,18-19,32H,2-3,5,13-17H2,1H3,(H2,29,33,34). The molecule has 3 N–H and O–H groups in total. The number of aromatic nitrogens is 1. The maximum Gasteiger partial charge on any atom is 0.258 e. The maximum absolute atomic E-state index is 12.4. The van der Waals surface area contributed by atoms with Gasteiger partial charge in [-0.1, -0.05) is 18.2 Å². The van der Waals surface area contributed by atoms with Crippen LogP contribution in [0.4, 0.5) is 11.4 Å². The second-order valence-electron chi connectivity index (χ2n) is 8.71. The van der Waals surface area contributed by atoms with Crippen LogP contribution in [-0.4, -0.2) is 66.1 Å². The Morgan fingerprint density at radius 1 is 1.03 bits per heavy atom. The SMILES string of the molecule is CN1CCN(c2ccc(N=Cc3c(O)[nH]c(=O)c4ccc(C=CCCCCO)cc34)cc2)CC1. The Balaban J connectivity index is 1.56. The molecule has 0 amide bonds. The monoisotopic (exact) mass is 460 g/mol. The van der Waals surface area contributed by atoms with E-state index in [0.717, 1.165) is 56.7 Å². The number of rotatable bonds is 8. The van der Waals surface area contributed by atoms with Crippen LogP contribution in [0.15, 0.2) is 58.3 Å². The van der Waals surface area contributed by atoms with E-state index < -0.39 is 0 Å². The lowest BCUT2D eigenvalue weighted by Crippen LogP contribution is -2.44. The van der Waals surface area contributed by atoms with Gasteiger partial charge in [0, 0.05) is 55.5 Å². The summed E-state index contributed by atoms with van der Waals surface area (Å²) in [4.78, 5) is 24.1. The summed E-state index contributed by atoms with van der Waals surface area (Å²) in [5, 5.41) is 20.5. The third kappa shape index (κ3) is 5.73. The number of aliphatic hydroxyl groups excluding tert-OH is 1. The quantitative estimate of drug-likeness (QED) is 0.350. The van der Waals surface area contributed by atoms with Crippen LogP contribution in [0.25, 0.3) is 16.8 Å². The number of aromatic hydroxyl groups is 1. The van der Waals surface area contributed by atoms with Crippen LogP contribution >= 0.6 is 0 Å². The van der Waals surface area contributed by atoms with Gasteiger partial charge in [0.25, 0.3) is 5.56 Å². The highest BCUT2D eigenvalue weighted by Crippen LogP contribution is 2.25. The molecule has 3 aromatic rings. The molecular weight excluding hydrogens is 428 g/mol. The molecule has 0 bridgehead atoms. The highest BCUT2D eigenvalue weighted by atomic mass is 16.3. The van der Waals surface area contributed by atoms with Crippen LogP contribution in [0.3, 0.4) is 0 Å². The second kappa shape index (κ2) is 11.1. The molecule has 2 aromatic carbocycles. The van der Waals surface area contributed by atoms with E-state index >= 15 is 0 Å². The summed E-state index contributed by atoms with van der Waals surface area (Å²) in [6.07, 6.45) is 8.23. The number of aromatic amines is 1. The molecule has 7 heteroatoms. The summed E-state index contributed by atoms with van der Waals surface area (Å²) in [7, 11) is 2.14. The number of likely N-dealkylation sites (N-methyl/N-ethyl adjacent to an activating group) is 1. The molecule has 0 spiro atoms. The Kier molecular flexibility index (Phi) is 7.77. The van der Waals surface area contributed by atoms with Crippen molar-refractivity contribution in [3.05, 3.63) is 70.0 Å². The number of fused-ring (bicyclic) bond motifs is 1. The van der Waals surface area contributed by atoms with Crippen LogP contribution in [-0.2, 0) is 0 Å². The number of aliphatic hydroxyl groups is 1. The van der Waals surface area contributed by atoms with E-state index in [1.807, 2.05) is 30.3 Å². The topological polar surface area (TPSA) is 92.2 Å². The van der Waals surface area contributed by atoms with Crippen molar-refractivity contribution in [1.82, 2.24) is 9.88 Å². The van der Waals surface area contributed by atoms with Gasteiger partial charge in [0.2, 0.25) is 5.88 Å². The molecule has 0 aliphatic carbocycles. The summed E-state index contributed by atoms with van der Waals surface area (Å²) in [6, 6.07) is 13.6. The zero-order valence-corrected chi connectivity index (χ0v) is 19.6. The number of hydrogen-bond acceptors (Lipinski definition) is 6. The fourth-order valence-corrected chi connectivity index (χ4v) is 4.13. The zero-order valence-electron chi connectivity index (χ0n) is 19.6. The lowest BCUT2D eigenvalue weighted by atomic mass is 10.0. The van der Waals surface area contributed by atoms with Gasteiger partial charge in [-0.25, -0.2) is 0 Å². The first-order valence-electron chi connectivity index (χ1n) is 11.8.